The third-order valence-corrected chi connectivity index (χ3v) is 5.06. The molecule has 2 N–H and O–H groups in total. The molecule has 90 valence electrons. The van der Waals surface area contributed by atoms with Crippen LogP contribution >= 0.6 is 22.7 Å². The third-order valence-electron chi connectivity index (χ3n) is 3.34. The molecule has 0 spiro atoms. The van der Waals surface area contributed by atoms with Crippen LogP contribution < -0.4 is 5.73 Å². The second kappa shape index (κ2) is 4.40. The van der Waals surface area contributed by atoms with Gasteiger partial charge in [0.1, 0.15) is 0 Å². The highest BCUT2D eigenvalue weighted by Crippen LogP contribution is 2.33. The summed E-state index contributed by atoms with van der Waals surface area (Å²) in [5.41, 5.74) is 8.25. The zero-order chi connectivity index (χ0) is 11.8. The lowest BCUT2D eigenvalue weighted by Crippen LogP contribution is -2.32. The smallest absolute Gasteiger partial charge is 0.180 e. The van der Waals surface area contributed by atoms with Gasteiger partial charge in [-0.3, -0.25) is 4.90 Å². The van der Waals surface area contributed by atoms with Crippen LogP contribution in [0.25, 0.3) is 0 Å². The minimum Gasteiger partial charge on any atom is -0.375 e. The standard InChI is InChI=1S/C12H15N3S2/c1-8-10-3-5-16-11(10)2-4-15(8)6-9-7-17-12(13)14-9/h3,5,7-8H,2,4,6H2,1H3,(H2,13,14). The fraction of sp³-hybridized carbons (Fsp3) is 0.417. The van der Waals surface area contributed by atoms with Crippen LogP contribution in [0.1, 0.15) is 29.1 Å². The fourth-order valence-electron chi connectivity index (χ4n) is 2.38. The summed E-state index contributed by atoms with van der Waals surface area (Å²) in [6.45, 7) is 4.30. The molecule has 1 aliphatic heterocycles. The van der Waals surface area contributed by atoms with Crippen molar-refractivity contribution in [2.45, 2.75) is 25.9 Å². The number of fused-ring (bicyclic) bond motifs is 1. The number of rotatable bonds is 2. The maximum atomic E-state index is 5.67. The first-order chi connectivity index (χ1) is 8.24. The summed E-state index contributed by atoms with van der Waals surface area (Å²) < 4.78 is 0. The lowest BCUT2D eigenvalue weighted by molar-refractivity contribution is 0.189. The van der Waals surface area contributed by atoms with Gasteiger partial charge < -0.3 is 5.73 Å². The Balaban J connectivity index is 1.78. The topological polar surface area (TPSA) is 42.1 Å². The fourth-order valence-corrected chi connectivity index (χ4v) is 3.90. The molecule has 3 rings (SSSR count). The molecule has 0 amide bonds. The lowest BCUT2D eigenvalue weighted by Gasteiger charge is -2.32. The number of hydrogen-bond donors (Lipinski definition) is 1. The predicted molar refractivity (Wildman–Crippen MR) is 73.4 cm³/mol. The molecule has 3 nitrogen and oxygen atoms in total. The molecule has 1 atom stereocenters. The normalized spacial score (nSPS) is 20.4. The van der Waals surface area contributed by atoms with Crippen LogP contribution in [0.15, 0.2) is 16.8 Å². The third kappa shape index (κ3) is 2.10. The Morgan fingerprint density at radius 1 is 1.53 bits per heavy atom. The molecule has 0 fully saturated rings. The lowest BCUT2D eigenvalue weighted by atomic mass is 10.0. The number of aromatic nitrogens is 1. The average molecular weight is 265 g/mol. The van der Waals surface area contributed by atoms with Crippen LogP contribution in [-0.2, 0) is 13.0 Å². The van der Waals surface area contributed by atoms with Gasteiger partial charge in [0.05, 0.1) is 5.69 Å². The van der Waals surface area contributed by atoms with Gasteiger partial charge in [0, 0.05) is 29.4 Å². The number of nitrogens with two attached hydrogens (primary N) is 1. The van der Waals surface area contributed by atoms with E-state index in [1.165, 1.54) is 16.9 Å². The van der Waals surface area contributed by atoms with Gasteiger partial charge in [0.2, 0.25) is 0 Å². The number of hydrogen-bond acceptors (Lipinski definition) is 5. The van der Waals surface area contributed by atoms with Crippen LogP contribution in [-0.4, -0.2) is 16.4 Å². The molecule has 0 radical (unpaired) electrons. The SMILES string of the molecule is CC1c2ccsc2CCN1Cc1csc(N)n1. The van der Waals surface area contributed by atoms with Crippen molar-refractivity contribution in [1.29, 1.82) is 0 Å². The van der Waals surface area contributed by atoms with E-state index in [4.69, 9.17) is 5.73 Å². The minimum absolute atomic E-state index is 0.493. The van der Waals surface area contributed by atoms with Crippen molar-refractivity contribution < 1.29 is 0 Å². The summed E-state index contributed by atoms with van der Waals surface area (Å²) in [5.74, 6) is 0. The van der Waals surface area contributed by atoms with Crippen molar-refractivity contribution in [3.63, 3.8) is 0 Å². The monoisotopic (exact) mass is 265 g/mol. The zero-order valence-corrected chi connectivity index (χ0v) is 11.4. The molecular weight excluding hydrogens is 250 g/mol. The zero-order valence-electron chi connectivity index (χ0n) is 9.72. The van der Waals surface area contributed by atoms with E-state index in [2.05, 4.69) is 33.6 Å². The Labute approximate surface area is 109 Å². The Kier molecular flexibility index (Phi) is 2.90. The molecule has 5 heteroatoms. The first-order valence-electron chi connectivity index (χ1n) is 5.74. The average Bonchev–Trinajstić information content (AvgIpc) is 2.92. The highest BCUT2D eigenvalue weighted by atomic mass is 32.1. The molecular formula is C12H15N3S2. The van der Waals surface area contributed by atoms with E-state index in [-0.39, 0.29) is 0 Å². The van der Waals surface area contributed by atoms with E-state index < -0.39 is 0 Å². The molecule has 3 heterocycles. The van der Waals surface area contributed by atoms with E-state index >= 15 is 0 Å². The highest BCUT2D eigenvalue weighted by molar-refractivity contribution is 7.13. The van der Waals surface area contributed by atoms with Gasteiger partial charge in [-0.05, 0) is 30.4 Å². The largest absolute Gasteiger partial charge is 0.375 e. The predicted octanol–water partition coefficient (Wildman–Crippen LogP) is 2.91. The van der Waals surface area contributed by atoms with Gasteiger partial charge in [0.25, 0.3) is 0 Å². The van der Waals surface area contributed by atoms with E-state index in [1.807, 2.05) is 11.3 Å². The summed E-state index contributed by atoms with van der Waals surface area (Å²) in [6, 6.07) is 2.75. The van der Waals surface area contributed by atoms with Crippen molar-refractivity contribution in [3.05, 3.63) is 33.0 Å². The number of anilines is 1. The van der Waals surface area contributed by atoms with Crippen LogP contribution in [0.4, 0.5) is 5.13 Å². The molecule has 0 aliphatic carbocycles. The number of thiazole rings is 1. The van der Waals surface area contributed by atoms with E-state index in [0.29, 0.717) is 11.2 Å². The summed E-state index contributed by atoms with van der Waals surface area (Å²) in [6.07, 6.45) is 1.16. The van der Waals surface area contributed by atoms with Crippen LogP contribution in [0.3, 0.4) is 0 Å². The Bertz CT molecular complexity index is 517. The summed E-state index contributed by atoms with van der Waals surface area (Å²) >= 11 is 3.40. The van der Waals surface area contributed by atoms with E-state index in [0.717, 1.165) is 25.2 Å². The maximum Gasteiger partial charge on any atom is 0.180 e. The summed E-state index contributed by atoms with van der Waals surface area (Å²) in [4.78, 5) is 8.36. The number of nitrogen functional groups attached to an aromatic ring is 1. The minimum atomic E-state index is 0.493. The van der Waals surface area contributed by atoms with Gasteiger partial charge in [-0.25, -0.2) is 4.98 Å². The van der Waals surface area contributed by atoms with Crippen molar-refractivity contribution in [2.75, 3.05) is 12.3 Å². The van der Waals surface area contributed by atoms with Crippen LogP contribution in [0, 0.1) is 0 Å². The maximum absolute atomic E-state index is 5.67. The molecule has 0 saturated heterocycles. The summed E-state index contributed by atoms with van der Waals surface area (Å²) in [5, 5.41) is 4.93. The van der Waals surface area contributed by atoms with Crippen molar-refractivity contribution in [1.82, 2.24) is 9.88 Å². The summed E-state index contributed by atoms with van der Waals surface area (Å²) in [7, 11) is 0. The van der Waals surface area contributed by atoms with Crippen LogP contribution in [0.5, 0.6) is 0 Å². The molecule has 0 bridgehead atoms. The highest BCUT2D eigenvalue weighted by Gasteiger charge is 2.24. The second-order valence-electron chi connectivity index (χ2n) is 4.37. The van der Waals surface area contributed by atoms with Crippen molar-refractivity contribution >= 4 is 27.8 Å². The first-order valence-corrected chi connectivity index (χ1v) is 7.50. The van der Waals surface area contributed by atoms with Gasteiger partial charge in [-0.2, -0.15) is 0 Å². The van der Waals surface area contributed by atoms with Crippen molar-refractivity contribution in [2.24, 2.45) is 0 Å². The number of thiophene rings is 1. The molecule has 2 aromatic heterocycles. The van der Waals surface area contributed by atoms with E-state index in [9.17, 15) is 0 Å². The Morgan fingerprint density at radius 3 is 3.18 bits per heavy atom. The van der Waals surface area contributed by atoms with Crippen molar-refractivity contribution in [3.8, 4) is 0 Å². The van der Waals surface area contributed by atoms with Gasteiger partial charge in [-0.15, -0.1) is 22.7 Å². The Hall–Kier alpha value is -0.910. The molecule has 1 aliphatic rings. The molecule has 1 unspecified atom stereocenters. The van der Waals surface area contributed by atoms with E-state index in [1.54, 1.807) is 4.88 Å². The molecule has 0 aromatic carbocycles. The number of nitrogens with zero attached hydrogens (tertiary/aromatic N) is 2. The quantitative estimate of drug-likeness (QED) is 0.908. The van der Waals surface area contributed by atoms with Gasteiger partial charge in [-0.1, -0.05) is 0 Å². The van der Waals surface area contributed by atoms with Gasteiger partial charge >= 0.3 is 0 Å². The molecule has 0 saturated carbocycles. The Morgan fingerprint density at radius 2 is 2.41 bits per heavy atom. The van der Waals surface area contributed by atoms with Gasteiger partial charge in [0.15, 0.2) is 5.13 Å². The second-order valence-corrected chi connectivity index (χ2v) is 6.26. The molecule has 17 heavy (non-hydrogen) atoms. The molecule has 2 aromatic rings. The van der Waals surface area contributed by atoms with Crippen LogP contribution in [0.2, 0.25) is 0 Å². The first kappa shape index (κ1) is 11.2.